The van der Waals surface area contributed by atoms with E-state index in [1.165, 1.54) is 19.1 Å². The molecule has 24 heavy (non-hydrogen) atoms. The molecule has 0 spiro atoms. The van der Waals surface area contributed by atoms with Crippen molar-refractivity contribution in [1.29, 1.82) is 0 Å². The first-order valence-corrected chi connectivity index (χ1v) is 7.52. The molecule has 0 aliphatic heterocycles. The second-order valence-corrected chi connectivity index (χ2v) is 5.31. The number of ether oxygens (including phenoxy) is 1. The van der Waals surface area contributed by atoms with Crippen LogP contribution in [0.4, 0.5) is 17.1 Å². The van der Waals surface area contributed by atoms with Gasteiger partial charge in [-0.1, -0.05) is 17.7 Å². The quantitative estimate of drug-likeness (QED) is 0.451. The van der Waals surface area contributed by atoms with Crippen LogP contribution in [-0.4, -0.2) is 24.0 Å². The SMILES string of the molecule is CC(=O)Nc1cccc(OCCNc2ccc([N+](=O)[O-])cc2Cl)c1. The van der Waals surface area contributed by atoms with E-state index in [2.05, 4.69) is 10.6 Å². The first-order chi connectivity index (χ1) is 11.5. The van der Waals surface area contributed by atoms with E-state index in [0.717, 1.165) is 0 Å². The highest BCUT2D eigenvalue weighted by Gasteiger charge is 2.09. The second kappa shape index (κ2) is 8.16. The van der Waals surface area contributed by atoms with Crippen molar-refractivity contribution in [2.75, 3.05) is 23.8 Å². The Morgan fingerprint density at radius 1 is 1.29 bits per heavy atom. The van der Waals surface area contributed by atoms with Gasteiger partial charge in [0.15, 0.2) is 0 Å². The van der Waals surface area contributed by atoms with Crippen LogP contribution in [0.25, 0.3) is 0 Å². The minimum atomic E-state index is -0.499. The molecule has 0 saturated heterocycles. The van der Waals surface area contributed by atoms with Crippen molar-refractivity contribution < 1.29 is 14.5 Å². The first-order valence-electron chi connectivity index (χ1n) is 7.14. The van der Waals surface area contributed by atoms with Crippen LogP contribution in [0, 0.1) is 10.1 Å². The summed E-state index contributed by atoms with van der Waals surface area (Å²) in [5, 5.41) is 16.7. The van der Waals surface area contributed by atoms with Gasteiger partial charge in [0.1, 0.15) is 12.4 Å². The van der Waals surface area contributed by atoms with E-state index in [1.54, 1.807) is 30.3 Å². The van der Waals surface area contributed by atoms with Gasteiger partial charge in [0.25, 0.3) is 5.69 Å². The topological polar surface area (TPSA) is 93.5 Å². The number of anilines is 2. The minimum Gasteiger partial charge on any atom is -0.492 e. The molecular formula is C16H16ClN3O4. The van der Waals surface area contributed by atoms with E-state index in [0.29, 0.717) is 30.3 Å². The smallest absolute Gasteiger partial charge is 0.271 e. The molecule has 0 radical (unpaired) electrons. The molecule has 0 aromatic heterocycles. The molecule has 7 nitrogen and oxygen atoms in total. The van der Waals surface area contributed by atoms with Gasteiger partial charge in [-0.15, -0.1) is 0 Å². The Morgan fingerprint density at radius 2 is 2.08 bits per heavy atom. The molecule has 0 aliphatic carbocycles. The summed E-state index contributed by atoms with van der Waals surface area (Å²) in [5.74, 6) is 0.472. The van der Waals surface area contributed by atoms with Gasteiger partial charge in [-0.3, -0.25) is 14.9 Å². The van der Waals surface area contributed by atoms with Crippen LogP contribution < -0.4 is 15.4 Å². The Kier molecular flexibility index (Phi) is 5.97. The third-order valence-electron chi connectivity index (χ3n) is 3.00. The highest BCUT2D eigenvalue weighted by atomic mass is 35.5. The van der Waals surface area contributed by atoms with Gasteiger partial charge in [-0.05, 0) is 18.2 Å². The molecule has 0 heterocycles. The van der Waals surface area contributed by atoms with Gasteiger partial charge in [-0.2, -0.15) is 0 Å². The highest BCUT2D eigenvalue weighted by molar-refractivity contribution is 6.33. The third-order valence-corrected chi connectivity index (χ3v) is 3.32. The molecule has 1 amide bonds. The number of nitro benzene ring substituents is 1. The van der Waals surface area contributed by atoms with Crippen molar-refractivity contribution >= 4 is 34.6 Å². The monoisotopic (exact) mass is 349 g/mol. The number of halogens is 1. The summed E-state index contributed by atoms with van der Waals surface area (Å²) in [6, 6.07) is 11.3. The lowest BCUT2D eigenvalue weighted by molar-refractivity contribution is -0.384. The zero-order valence-corrected chi connectivity index (χ0v) is 13.7. The lowest BCUT2D eigenvalue weighted by atomic mass is 10.3. The van der Waals surface area contributed by atoms with Gasteiger partial charge in [0.2, 0.25) is 5.91 Å². The number of nitrogens with one attached hydrogen (secondary N) is 2. The van der Waals surface area contributed by atoms with Crippen LogP contribution >= 0.6 is 11.6 Å². The standard InChI is InChI=1S/C16H16ClN3O4/c1-11(21)19-12-3-2-4-14(9-12)24-8-7-18-16-6-5-13(20(22)23)10-15(16)17/h2-6,9-10,18H,7-8H2,1H3,(H,19,21). The summed E-state index contributed by atoms with van der Waals surface area (Å²) >= 11 is 5.99. The Morgan fingerprint density at radius 3 is 2.75 bits per heavy atom. The number of hydrogen-bond acceptors (Lipinski definition) is 5. The van der Waals surface area contributed by atoms with Gasteiger partial charge >= 0.3 is 0 Å². The number of benzene rings is 2. The number of amides is 1. The molecule has 8 heteroatoms. The molecule has 0 atom stereocenters. The van der Waals surface area contributed by atoms with E-state index in [-0.39, 0.29) is 16.6 Å². The predicted molar refractivity (Wildman–Crippen MR) is 92.8 cm³/mol. The number of nitrogens with zero attached hydrogens (tertiary/aromatic N) is 1. The lowest BCUT2D eigenvalue weighted by Crippen LogP contribution is -2.12. The maximum Gasteiger partial charge on any atom is 0.271 e. The Hall–Kier alpha value is -2.80. The van der Waals surface area contributed by atoms with E-state index in [4.69, 9.17) is 16.3 Å². The Labute approximate surface area is 143 Å². The van der Waals surface area contributed by atoms with Gasteiger partial charge in [0, 0.05) is 37.4 Å². The average Bonchev–Trinajstić information content (AvgIpc) is 2.52. The minimum absolute atomic E-state index is 0.0587. The van der Waals surface area contributed by atoms with Crippen LogP contribution in [0.2, 0.25) is 5.02 Å². The molecule has 126 valence electrons. The van der Waals surface area contributed by atoms with Crippen molar-refractivity contribution in [2.45, 2.75) is 6.92 Å². The zero-order chi connectivity index (χ0) is 17.5. The van der Waals surface area contributed by atoms with E-state index in [1.807, 2.05) is 0 Å². The molecular weight excluding hydrogens is 334 g/mol. The predicted octanol–water partition coefficient (Wildman–Crippen LogP) is 3.70. The normalized spacial score (nSPS) is 10.1. The third kappa shape index (κ3) is 5.13. The Balaban J connectivity index is 1.85. The summed E-state index contributed by atoms with van der Waals surface area (Å²) < 4.78 is 5.59. The maximum atomic E-state index is 11.0. The van der Waals surface area contributed by atoms with Crippen LogP contribution in [0.5, 0.6) is 5.75 Å². The van der Waals surface area contributed by atoms with Crippen LogP contribution in [0.1, 0.15) is 6.92 Å². The summed E-state index contributed by atoms with van der Waals surface area (Å²) in [6.07, 6.45) is 0. The van der Waals surface area contributed by atoms with Crippen molar-refractivity contribution in [3.63, 3.8) is 0 Å². The molecule has 2 aromatic rings. The number of carbonyl (C=O) groups excluding carboxylic acids is 1. The van der Waals surface area contributed by atoms with Crippen molar-refractivity contribution in [3.05, 3.63) is 57.6 Å². The summed E-state index contributed by atoms with van der Waals surface area (Å²) in [7, 11) is 0. The molecule has 0 aliphatic rings. The number of carbonyl (C=O) groups is 1. The number of non-ortho nitro benzene ring substituents is 1. The molecule has 2 rings (SSSR count). The van der Waals surface area contributed by atoms with Gasteiger partial charge < -0.3 is 15.4 Å². The van der Waals surface area contributed by atoms with E-state index in [9.17, 15) is 14.9 Å². The fourth-order valence-electron chi connectivity index (χ4n) is 1.98. The first kappa shape index (κ1) is 17.6. The largest absolute Gasteiger partial charge is 0.492 e. The molecule has 2 N–H and O–H groups in total. The molecule has 2 aromatic carbocycles. The average molecular weight is 350 g/mol. The van der Waals surface area contributed by atoms with Crippen LogP contribution in [0.3, 0.4) is 0 Å². The second-order valence-electron chi connectivity index (χ2n) is 4.91. The van der Waals surface area contributed by atoms with Crippen molar-refractivity contribution in [1.82, 2.24) is 0 Å². The van der Waals surface area contributed by atoms with Gasteiger partial charge in [0.05, 0.1) is 15.6 Å². The van der Waals surface area contributed by atoms with Crippen LogP contribution in [0.15, 0.2) is 42.5 Å². The molecule has 0 saturated carbocycles. The fourth-order valence-corrected chi connectivity index (χ4v) is 2.22. The van der Waals surface area contributed by atoms with Gasteiger partial charge in [-0.25, -0.2) is 0 Å². The number of rotatable bonds is 7. The maximum absolute atomic E-state index is 11.0. The fraction of sp³-hybridized carbons (Fsp3) is 0.188. The van der Waals surface area contributed by atoms with Crippen molar-refractivity contribution in [3.8, 4) is 5.75 Å². The van der Waals surface area contributed by atoms with E-state index < -0.39 is 4.92 Å². The summed E-state index contributed by atoms with van der Waals surface area (Å²) in [4.78, 5) is 21.2. The zero-order valence-electron chi connectivity index (χ0n) is 12.9. The summed E-state index contributed by atoms with van der Waals surface area (Å²) in [6.45, 7) is 2.25. The van der Waals surface area contributed by atoms with E-state index >= 15 is 0 Å². The molecule has 0 fully saturated rings. The number of nitro groups is 1. The lowest BCUT2D eigenvalue weighted by Gasteiger charge is -2.11. The summed E-state index contributed by atoms with van der Waals surface area (Å²) in [5.41, 5.74) is 1.20. The Bertz CT molecular complexity index is 752. The molecule has 0 unspecified atom stereocenters. The number of hydrogen-bond donors (Lipinski definition) is 2. The van der Waals surface area contributed by atoms with Crippen molar-refractivity contribution in [2.24, 2.45) is 0 Å². The highest BCUT2D eigenvalue weighted by Crippen LogP contribution is 2.26. The van der Waals surface area contributed by atoms with Crippen LogP contribution in [-0.2, 0) is 4.79 Å². The molecule has 0 bridgehead atoms.